The van der Waals surface area contributed by atoms with Gasteiger partial charge >= 0.3 is 6.18 Å². The van der Waals surface area contributed by atoms with Crippen LogP contribution in [0.25, 0.3) is 0 Å². The second-order valence-electron chi connectivity index (χ2n) is 2.19. The number of carbonyl (C=O) groups excluding carboxylic acids is 1. The Morgan fingerprint density at radius 3 is 1.92 bits per heavy atom. The minimum atomic E-state index is -4.78. The molecule has 1 aromatic carbocycles. The van der Waals surface area contributed by atoms with Crippen LogP contribution in [-0.4, -0.2) is 41.5 Å². The van der Waals surface area contributed by atoms with Crippen LogP contribution >= 0.6 is 0 Å². The van der Waals surface area contributed by atoms with E-state index in [0.29, 0.717) is 0 Å². The Morgan fingerprint density at radius 2 is 1.54 bits per heavy atom. The Kier molecular flexibility index (Phi) is 4.67. The van der Waals surface area contributed by atoms with Crippen molar-refractivity contribution in [1.82, 2.24) is 0 Å². The first kappa shape index (κ1) is 12.7. The Hall–Kier alpha value is -0.320. The number of hydrogen-bond acceptors (Lipinski definition) is 1. The first-order valence-electron chi connectivity index (χ1n) is 3.18. The molecule has 5 heteroatoms. The van der Waals surface area contributed by atoms with Gasteiger partial charge < -0.3 is 0 Å². The fraction of sp³-hybridized carbons (Fsp3) is 0.125. The van der Waals surface area contributed by atoms with Crippen molar-refractivity contribution in [1.29, 1.82) is 0 Å². The average Bonchev–Trinajstić information content (AvgIpc) is 2.03. The van der Waals surface area contributed by atoms with Crippen LogP contribution in [0.4, 0.5) is 13.2 Å². The summed E-state index contributed by atoms with van der Waals surface area (Å²) in [5.74, 6) is -1.80. The maximum absolute atomic E-state index is 11.8. The van der Waals surface area contributed by atoms with Crippen LogP contribution in [0, 0.1) is 0 Å². The molecule has 0 aliphatic heterocycles. The Labute approximate surface area is 95.2 Å². The summed E-state index contributed by atoms with van der Waals surface area (Å²) in [7, 11) is 0. The van der Waals surface area contributed by atoms with Crippen LogP contribution in [0.1, 0.15) is 10.4 Å². The minimum absolute atomic E-state index is 0. The van der Waals surface area contributed by atoms with Crippen LogP contribution in [0.15, 0.2) is 30.3 Å². The van der Waals surface area contributed by atoms with Crippen molar-refractivity contribution in [3.8, 4) is 0 Å². The van der Waals surface area contributed by atoms with Gasteiger partial charge in [0.25, 0.3) is 5.78 Å². The molecule has 0 heterocycles. The standard InChI is InChI=1S/C8H5F3O.Na/c9-8(10,11)7(12)6-4-2-1-3-5-6;/h1-5H;. The molecule has 0 spiro atoms. The SMILES string of the molecule is O=C(c1ccccc1)C(F)(F)F.[Na]. The van der Waals surface area contributed by atoms with Gasteiger partial charge in [-0.05, 0) is 0 Å². The zero-order valence-corrected chi connectivity index (χ0v) is 8.93. The molecule has 1 aromatic rings. The van der Waals surface area contributed by atoms with E-state index in [2.05, 4.69) is 0 Å². The Bertz CT molecular complexity index is 281. The van der Waals surface area contributed by atoms with Crippen LogP contribution in [0.5, 0.6) is 0 Å². The van der Waals surface area contributed by atoms with Crippen LogP contribution in [0.3, 0.4) is 0 Å². The van der Waals surface area contributed by atoms with Gasteiger partial charge in [0.05, 0.1) is 0 Å². The zero-order valence-electron chi connectivity index (χ0n) is 6.93. The van der Waals surface area contributed by atoms with E-state index in [0.717, 1.165) is 12.1 Å². The number of halogens is 3. The fourth-order valence-electron chi connectivity index (χ4n) is 0.753. The first-order chi connectivity index (χ1) is 5.52. The average molecular weight is 197 g/mol. The molecule has 13 heavy (non-hydrogen) atoms. The molecular weight excluding hydrogens is 192 g/mol. The monoisotopic (exact) mass is 197 g/mol. The zero-order chi connectivity index (χ0) is 9.19. The van der Waals surface area contributed by atoms with Crippen molar-refractivity contribution < 1.29 is 18.0 Å². The Balaban J connectivity index is 0.00000144. The smallest absolute Gasteiger partial charge is 0.284 e. The molecule has 0 atom stereocenters. The molecule has 0 N–H and O–H groups in total. The number of alkyl halides is 3. The van der Waals surface area contributed by atoms with Crippen LogP contribution in [0.2, 0.25) is 0 Å². The summed E-state index contributed by atoms with van der Waals surface area (Å²) in [5.41, 5.74) is -0.329. The predicted molar refractivity (Wildman–Crippen MR) is 42.6 cm³/mol. The van der Waals surface area contributed by atoms with E-state index >= 15 is 0 Å². The van der Waals surface area contributed by atoms with Gasteiger partial charge in [-0.3, -0.25) is 4.79 Å². The third-order valence-electron chi connectivity index (χ3n) is 1.29. The predicted octanol–water partition coefficient (Wildman–Crippen LogP) is 2.05. The molecule has 0 fully saturated rings. The third-order valence-corrected chi connectivity index (χ3v) is 1.29. The van der Waals surface area contributed by atoms with E-state index in [1.807, 2.05) is 0 Å². The van der Waals surface area contributed by atoms with Gasteiger partial charge in [-0.25, -0.2) is 0 Å². The van der Waals surface area contributed by atoms with Gasteiger partial charge in [-0.1, -0.05) is 30.3 Å². The Morgan fingerprint density at radius 1 is 1.08 bits per heavy atom. The maximum Gasteiger partial charge on any atom is 0.454 e. The molecule has 0 amide bonds. The molecule has 65 valence electrons. The van der Waals surface area contributed by atoms with E-state index in [4.69, 9.17) is 0 Å². The van der Waals surface area contributed by atoms with Crippen molar-refractivity contribution in [2.24, 2.45) is 0 Å². The molecule has 0 saturated carbocycles. The first-order valence-corrected chi connectivity index (χ1v) is 3.18. The van der Waals surface area contributed by atoms with Crippen molar-refractivity contribution >= 4 is 35.3 Å². The van der Waals surface area contributed by atoms with Crippen LogP contribution < -0.4 is 0 Å². The van der Waals surface area contributed by atoms with E-state index < -0.39 is 12.0 Å². The molecule has 0 saturated heterocycles. The summed E-state index contributed by atoms with van der Waals surface area (Å²) in [5, 5.41) is 0. The summed E-state index contributed by atoms with van der Waals surface area (Å²) in [6.45, 7) is 0. The van der Waals surface area contributed by atoms with Gasteiger partial charge in [0, 0.05) is 35.1 Å². The van der Waals surface area contributed by atoms with E-state index in [1.54, 1.807) is 6.07 Å². The fourth-order valence-corrected chi connectivity index (χ4v) is 0.753. The summed E-state index contributed by atoms with van der Waals surface area (Å²) in [4.78, 5) is 10.5. The second kappa shape index (κ2) is 4.79. The normalized spacial score (nSPS) is 10.4. The summed E-state index contributed by atoms with van der Waals surface area (Å²) >= 11 is 0. The second-order valence-corrected chi connectivity index (χ2v) is 2.19. The van der Waals surface area contributed by atoms with Crippen molar-refractivity contribution in [2.75, 3.05) is 0 Å². The van der Waals surface area contributed by atoms with Gasteiger partial charge in [0.2, 0.25) is 0 Å². The summed E-state index contributed by atoms with van der Waals surface area (Å²) < 4.78 is 35.4. The quantitative estimate of drug-likeness (QED) is 0.497. The van der Waals surface area contributed by atoms with Crippen molar-refractivity contribution in [3.05, 3.63) is 35.9 Å². The van der Waals surface area contributed by atoms with E-state index in [1.165, 1.54) is 12.1 Å². The number of carbonyl (C=O) groups is 1. The molecule has 0 bridgehead atoms. The molecule has 1 nitrogen and oxygen atoms in total. The number of ketones is 1. The molecule has 1 radical (unpaired) electrons. The van der Waals surface area contributed by atoms with Gasteiger partial charge in [-0.15, -0.1) is 0 Å². The number of benzene rings is 1. The minimum Gasteiger partial charge on any atom is -0.284 e. The van der Waals surface area contributed by atoms with Crippen molar-refractivity contribution in [3.63, 3.8) is 0 Å². The van der Waals surface area contributed by atoms with Gasteiger partial charge in [-0.2, -0.15) is 13.2 Å². The molecule has 1 rings (SSSR count). The van der Waals surface area contributed by atoms with Gasteiger partial charge in [0.1, 0.15) is 0 Å². The largest absolute Gasteiger partial charge is 0.454 e. The van der Waals surface area contributed by atoms with Gasteiger partial charge in [0.15, 0.2) is 0 Å². The number of rotatable bonds is 1. The third kappa shape index (κ3) is 3.50. The molecule has 0 unspecified atom stereocenters. The maximum atomic E-state index is 11.8. The van der Waals surface area contributed by atoms with Crippen LogP contribution in [-0.2, 0) is 0 Å². The molecule has 0 aliphatic carbocycles. The summed E-state index contributed by atoms with van der Waals surface area (Å²) in [6.07, 6.45) is -4.78. The van der Waals surface area contributed by atoms with E-state index in [-0.39, 0.29) is 35.1 Å². The van der Waals surface area contributed by atoms with E-state index in [9.17, 15) is 18.0 Å². The topological polar surface area (TPSA) is 17.1 Å². The molecule has 0 aromatic heterocycles. The molecular formula is C8H5F3NaO. The molecule has 0 aliphatic rings. The summed E-state index contributed by atoms with van der Waals surface area (Å²) in [6, 6.07) is 6.59. The number of Topliss-reactive ketones (excluding diaryl/α,β-unsaturated/α-hetero) is 1. The van der Waals surface area contributed by atoms with Crippen molar-refractivity contribution in [2.45, 2.75) is 6.18 Å². The number of hydrogen-bond donors (Lipinski definition) is 0.